The molecule has 4 atom stereocenters. The summed E-state index contributed by atoms with van der Waals surface area (Å²) in [5.74, 6) is 0.440. The molecule has 2 saturated heterocycles. The number of ether oxygens (including phenoxy) is 1. The lowest BCUT2D eigenvalue weighted by molar-refractivity contribution is -0.0504. The Hall–Kier alpha value is -2.05. The number of H-pyrrole nitrogens is 1. The monoisotopic (exact) mass is 352 g/mol. The van der Waals surface area contributed by atoms with Crippen LogP contribution in [0.4, 0.5) is 5.95 Å². The summed E-state index contributed by atoms with van der Waals surface area (Å²) < 4.78 is 7.16. The molecular formula is C14H20N6O5. The molecule has 25 heavy (non-hydrogen) atoms. The summed E-state index contributed by atoms with van der Waals surface area (Å²) in [7, 11) is 0. The average Bonchev–Trinajstić information content (AvgIpc) is 3.15. The number of aromatic amines is 1. The van der Waals surface area contributed by atoms with E-state index in [9.17, 15) is 20.1 Å². The minimum absolute atomic E-state index is 0.133. The van der Waals surface area contributed by atoms with Gasteiger partial charge in [0.25, 0.3) is 5.56 Å². The fourth-order valence-corrected chi connectivity index (χ4v) is 3.32. The Morgan fingerprint density at radius 1 is 1.28 bits per heavy atom. The van der Waals surface area contributed by atoms with Gasteiger partial charge in [-0.25, -0.2) is 9.97 Å². The molecule has 0 bridgehead atoms. The molecule has 11 nitrogen and oxygen atoms in total. The van der Waals surface area contributed by atoms with E-state index in [0.29, 0.717) is 19.0 Å². The first-order valence-corrected chi connectivity index (χ1v) is 8.15. The lowest BCUT2D eigenvalue weighted by Crippen LogP contribution is -2.45. The Labute approximate surface area is 141 Å². The minimum Gasteiger partial charge on any atom is -0.394 e. The zero-order valence-corrected chi connectivity index (χ0v) is 13.4. The van der Waals surface area contributed by atoms with Crippen LogP contribution in [-0.4, -0.2) is 85.9 Å². The quantitative estimate of drug-likeness (QED) is 0.393. The van der Waals surface area contributed by atoms with E-state index in [1.54, 1.807) is 0 Å². The molecule has 0 radical (unpaired) electrons. The van der Waals surface area contributed by atoms with E-state index in [1.807, 2.05) is 4.90 Å². The van der Waals surface area contributed by atoms with Crippen molar-refractivity contribution >= 4 is 17.1 Å². The van der Waals surface area contributed by atoms with Gasteiger partial charge in [-0.2, -0.15) is 0 Å². The van der Waals surface area contributed by atoms with Gasteiger partial charge in [-0.15, -0.1) is 0 Å². The fraction of sp³-hybridized carbons (Fsp3) is 0.643. The van der Waals surface area contributed by atoms with Gasteiger partial charge in [-0.3, -0.25) is 9.36 Å². The molecule has 0 aliphatic carbocycles. The Morgan fingerprint density at radius 2 is 2.04 bits per heavy atom. The topological polar surface area (TPSA) is 149 Å². The van der Waals surface area contributed by atoms with Crippen molar-refractivity contribution in [2.24, 2.45) is 0 Å². The van der Waals surface area contributed by atoms with Crippen molar-refractivity contribution in [2.75, 3.05) is 37.7 Å². The number of aliphatic hydroxyl groups is 3. The van der Waals surface area contributed by atoms with E-state index < -0.39 is 36.7 Å². The first-order chi connectivity index (χ1) is 12.1. The normalized spacial score (nSPS) is 30.3. The molecule has 136 valence electrons. The zero-order chi connectivity index (χ0) is 17.6. The molecule has 2 fully saturated rings. The molecule has 2 aromatic rings. The van der Waals surface area contributed by atoms with Crippen molar-refractivity contribution in [1.29, 1.82) is 0 Å². The predicted octanol–water partition coefficient (Wildman–Crippen LogP) is -2.86. The van der Waals surface area contributed by atoms with Crippen molar-refractivity contribution in [3.63, 3.8) is 0 Å². The smallest absolute Gasteiger partial charge is 0.278 e. The lowest BCUT2D eigenvalue weighted by Gasteiger charge is -2.30. The molecule has 0 saturated carbocycles. The van der Waals surface area contributed by atoms with Crippen LogP contribution in [-0.2, 0) is 4.74 Å². The van der Waals surface area contributed by atoms with Gasteiger partial charge in [0.15, 0.2) is 17.4 Å². The van der Waals surface area contributed by atoms with Gasteiger partial charge in [-0.1, -0.05) is 0 Å². The number of fused-ring (bicyclic) bond motifs is 1. The minimum atomic E-state index is -1.28. The number of aliphatic hydroxyl groups excluding tert-OH is 3. The summed E-state index contributed by atoms with van der Waals surface area (Å²) in [5, 5.41) is 33.0. The molecule has 4 heterocycles. The van der Waals surface area contributed by atoms with Crippen LogP contribution in [0, 0.1) is 0 Å². The van der Waals surface area contributed by atoms with Crippen LogP contribution in [0.25, 0.3) is 11.2 Å². The third kappa shape index (κ3) is 2.60. The fourth-order valence-electron chi connectivity index (χ4n) is 3.32. The van der Waals surface area contributed by atoms with Crippen molar-refractivity contribution < 1.29 is 20.1 Å². The number of hydrogen-bond acceptors (Lipinski definition) is 9. The summed E-state index contributed by atoms with van der Waals surface area (Å²) in [6, 6.07) is 0. The summed E-state index contributed by atoms with van der Waals surface area (Å²) in [6.07, 6.45) is -3.19. The summed E-state index contributed by atoms with van der Waals surface area (Å²) in [6.45, 7) is 2.40. The SMILES string of the molecule is O=c1[nH]cnc2c1nc(N1CCNCC1)n2[C@H]1O[C@@H](CO)[C@H](O)[C@H]1O. The highest BCUT2D eigenvalue weighted by molar-refractivity contribution is 5.74. The van der Waals surface area contributed by atoms with Crippen molar-refractivity contribution in [3.05, 3.63) is 16.7 Å². The molecule has 2 aromatic heterocycles. The number of aromatic nitrogens is 4. The highest BCUT2D eigenvalue weighted by Crippen LogP contribution is 2.34. The van der Waals surface area contributed by atoms with Gasteiger partial charge >= 0.3 is 0 Å². The van der Waals surface area contributed by atoms with Gasteiger partial charge in [-0.05, 0) is 0 Å². The van der Waals surface area contributed by atoms with Crippen molar-refractivity contribution in [2.45, 2.75) is 24.5 Å². The van der Waals surface area contributed by atoms with E-state index in [2.05, 4.69) is 20.3 Å². The number of nitrogens with one attached hydrogen (secondary N) is 2. The van der Waals surface area contributed by atoms with Crippen molar-refractivity contribution in [3.8, 4) is 0 Å². The Kier molecular flexibility index (Phi) is 4.17. The number of anilines is 1. The van der Waals surface area contributed by atoms with Crippen LogP contribution in [0.2, 0.25) is 0 Å². The van der Waals surface area contributed by atoms with Crippen LogP contribution < -0.4 is 15.8 Å². The van der Waals surface area contributed by atoms with Crippen molar-refractivity contribution in [1.82, 2.24) is 24.8 Å². The molecular weight excluding hydrogens is 332 g/mol. The first kappa shape index (κ1) is 16.4. The van der Waals surface area contributed by atoms with Crippen LogP contribution in [0.15, 0.2) is 11.1 Å². The zero-order valence-electron chi connectivity index (χ0n) is 13.4. The summed E-state index contributed by atoms with van der Waals surface area (Å²) in [5.41, 5.74) is -0.00669. The second-order valence-corrected chi connectivity index (χ2v) is 6.15. The first-order valence-electron chi connectivity index (χ1n) is 8.15. The lowest BCUT2D eigenvalue weighted by atomic mass is 10.1. The second kappa shape index (κ2) is 6.35. The third-order valence-corrected chi connectivity index (χ3v) is 4.64. The molecule has 5 N–H and O–H groups in total. The van der Waals surface area contributed by atoms with E-state index in [4.69, 9.17) is 4.74 Å². The molecule has 4 rings (SSSR count). The number of hydrogen-bond donors (Lipinski definition) is 5. The highest BCUT2D eigenvalue weighted by Gasteiger charge is 2.45. The number of imidazole rings is 1. The number of nitrogens with zero attached hydrogens (tertiary/aromatic N) is 4. The molecule has 0 amide bonds. The van der Waals surface area contributed by atoms with Gasteiger partial charge in [0.1, 0.15) is 18.3 Å². The number of piperazine rings is 1. The van der Waals surface area contributed by atoms with Gasteiger partial charge in [0.05, 0.1) is 12.9 Å². The van der Waals surface area contributed by atoms with Crippen LogP contribution >= 0.6 is 0 Å². The largest absolute Gasteiger partial charge is 0.394 e. The highest BCUT2D eigenvalue weighted by atomic mass is 16.6. The molecule has 2 aliphatic rings. The maximum absolute atomic E-state index is 12.1. The van der Waals surface area contributed by atoms with E-state index in [1.165, 1.54) is 10.9 Å². The average molecular weight is 352 g/mol. The number of rotatable bonds is 3. The van der Waals surface area contributed by atoms with Crippen LogP contribution in [0.1, 0.15) is 6.23 Å². The van der Waals surface area contributed by atoms with E-state index >= 15 is 0 Å². The maximum Gasteiger partial charge on any atom is 0.278 e. The summed E-state index contributed by atoms with van der Waals surface area (Å²) in [4.78, 5) is 25.2. The standard InChI is InChI=1S/C14H20N6O5/c21-5-7-9(22)10(23)13(25-7)20-11-8(12(24)17-6-16-11)18-14(20)19-3-1-15-2-4-19/h6-7,9-10,13,15,21-23H,1-5H2,(H,16,17,24)/t7-,9-,10+,13-/m0/s1. The van der Waals surface area contributed by atoms with Gasteiger partial charge < -0.3 is 35.3 Å². The molecule has 11 heteroatoms. The van der Waals surface area contributed by atoms with E-state index in [-0.39, 0.29) is 11.2 Å². The molecule has 0 unspecified atom stereocenters. The summed E-state index contributed by atoms with van der Waals surface area (Å²) >= 11 is 0. The molecule has 0 spiro atoms. The third-order valence-electron chi connectivity index (χ3n) is 4.64. The van der Waals surface area contributed by atoms with Crippen LogP contribution in [0.3, 0.4) is 0 Å². The Bertz CT molecular complexity index is 816. The molecule has 0 aromatic carbocycles. The van der Waals surface area contributed by atoms with E-state index in [0.717, 1.165) is 13.1 Å². The Balaban J connectivity index is 1.86. The van der Waals surface area contributed by atoms with Crippen LogP contribution in [0.5, 0.6) is 0 Å². The second-order valence-electron chi connectivity index (χ2n) is 6.15. The van der Waals surface area contributed by atoms with Gasteiger partial charge in [0.2, 0.25) is 5.95 Å². The molecule has 2 aliphatic heterocycles. The maximum atomic E-state index is 12.1. The van der Waals surface area contributed by atoms with Gasteiger partial charge in [0, 0.05) is 26.2 Å². The Morgan fingerprint density at radius 3 is 2.72 bits per heavy atom. The predicted molar refractivity (Wildman–Crippen MR) is 86.2 cm³/mol.